The molecule has 3 aromatic heterocycles. The molecule has 0 radical (unpaired) electrons. The van der Waals surface area contributed by atoms with Crippen molar-refractivity contribution in [3.8, 4) is 28.9 Å². The van der Waals surface area contributed by atoms with Crippen molar-refractivity contribution in [2.45, 2.75) is 0 Å². The summed E-state index contributed by atoms with van der Waals surface area (Å²) in [7, 11) is 0. The van der Waals surface area contributed by atoms with Crippen LogP contribution in [0.3, 0.4) is 0 Å². The monoisotopic (exact) mass is 399 g/mol. The number of furan rings is 3. The van der Waals surface area contributed by atoms with Crippen LogP contribution in [0, 0.1) is 11.3 Å². The lowest BCUT2D eigenvalue weighted by Crippen LogP contribution is -2.15. The first kappa shape index (κ1) is 17.6. The largest absolute Gasteiger partial charge is 0.464 e. The lowest BCUT2D eigenvalue weighted by atomic mass is 10.1. The zero-order valence-electron chi connectivity index (χ0n) is 13.9. The average molecular weight is 399 g/mol. The Hall–Kier alpha value is -2.83. The number of hydrogen-bond acceptors (Lipinski definition) is 8. The molecule has 27 heavy (non-hydrogen) atoms. The second kappa shape index (κ2) is 7.82. The van der Waals surface area contributed by atoms with E-state index >= 15 is 0 Å². The SMILES string of the molecule is N#Cc1c(NC(=O)CSC2=NCCS2)oc(-c2ccco2)c1-c1ccco1. The Morgan fingerprint density at radius 1 is 1.30 bits per heavy atom. The van der Waals surface area contributed by atoms with Crippen LogP contribution in [0.5, 0.6) is 0 Å². The number of hydrogen-bond donors (Lipinski definition) is 1. The van der Waals surface area contributed by atoms with Crippen molar-refractivity contribution >= 4 is 39.7 Å². The van der Waals surface area contributed by atoms with Gasteiger partial charge in [-0.2, -0.15) is 5.26 Å². The van der Waals surface area contributed by atoms with E-state index < -0.39 is 0 Å². The molecule has 0 saturated heterocycles. The van der Waals surface area contributed by atoms with E-state index in [0.717, 1.165) is 16.7 Å². The van der Waals surface area contributed by atoms with E-state index in [1.165, 1.54) is 24.3 Å². The number of aliphatic imine (C=N–C) groups is 1. The van der Waals surface area contributed by atoms with Gasteiger partial charge in [-0.3, -0.25) is 15.1 Å². The Bertz CT molecular complexity index is 1010. The summed E-state index contributed by atoms with van der Waals surface area (Å²) in [5.41, 5.74) is 0.624. The summed E-state index contributed by atoms with van der Waals surface area (Å²) in [6, 6.07) is 8.95. The van der Waals surface area contributed by atoms with Gasteiger partial charge in [0.25, 0.3) is 0 Å². The summed E-state index contributed by atoms with van der Waals surface area (Å²) in [6.45, 7) is 0.782. The third-order valence-corrected chi connectivity index (χ3v) is 5.92. The number of nitrogens with one attached hydrogen (secondary N) is 1. The molecule has 9 heteroatoms. The van der Waals surface area contributed by atoms with Gasteiger partial charge in [-0.05, 0) is 24.3 Å². The van der Waals surface area contributed by atoms with Crippen LogP contribution in [0.1, 0.15) is 5.56 Å². The van der Waals surface area contributed by atoms with Gasteiger partial charge in [0.2, 0.25) is 11.8 Å². The first-order valence-electron chi connectivity index (χ1n) is 8.01. The van der Waals surface area contributed by atoms with Gasteiger partial charge in [0.1, 0.15) is 21.8 Å². The van der Waals surface area contributed by atoms with Crippen molar-refractivity contribution in [3.63, 3.8) is 0 Å². The van der Waals surface area contributed by atoms with Crippen LogP contribution in [-0.4, -0.2) is 28.3 Å². The van der Waals surface area contributed by atoms with Gasteiger partial charge in [0.05, 0.1) is 30.4 Å². The van der Waals surface area contributed by atoms with Gasteiger partial charge >= 0.3 is 0 Å². The average Bonchev–Trinajstić information content (AvgIpc) is 3.47. The molecule has 4 heterocycles. The van der Waals surface area contributed by atoms with Crippen molar-refractivity contribution in [3.05, 3.63) is 42.4 Å². The number of amides is 1. The van der Waals surface area contributed by atoms with E-state index in [4.69, 9.17) is 13.3 Å². The molecule has 136 valence electrons. The van der Waals surface area contributed by atoms with Crippen LogP contribution in [-0.2, 0) is 4.79 Å². The van der Waals surface area contributed by atoms with Gasteiger partial charge < -0.3 is 13.3 Å². The molecule has 0 bridgehead atoms. The molecule has 0 atom stereocenters. The van der Waals surface area contributed by atoms with Crippen molar-refractivity contribution in [2.75, 3.05) is 23.4 Å². The lowest BCUT2D eigenvalue weighted by molar-refractivity contribution is -0.113. The molecule has 0 saturated carbocycles. The maximum absolute atomic E-state index is 12.3. The smallest absolute Gasteiger partial charge is 0.237 e. The van der Waals surface area contributed by atoms with Crippen molar-refractivity contribution in [1.82, 2.24) is 0 Å². The number of rotatable bonds is 5. The van der Waals surface area contributed by atoms with Crippen molar-refractivity contribution in [2.24, 2.45) is 4.99 Å². The summed E-state index contributed by atoms with van der Waals surface area (Å²) in [6.07, 6.45) is 3.01. The number of nitriles is 1. The van der Waals surface area contributed by atoms with Crippen molar-refractivity contribution in [1.29, 1.82) is 5.26 Å². The molecule has 0 aliphatic carbocycles. The van der Waals surface area contributed by atoms with Crippen LogP contribution in [0.15, 0.2) is 55.0 Å². The molecule has 0 unspecified atom stereocenters. The highest BCUT2D eigenvalue weighted by molar-refractivity contribution is 8.39. The van der Waals surface area contributed by atoms with Gasteiger partial charge in [-0.25, -0.2) is 0 Å². The summed E-state index contributed by atoms with van der Waals surface area (Å²) >= 11 is 3.00. The Balaban J connectivity index is 1.63. The molecule has 0 aromatic carbocycles. The fourth-order valence-corrected chi connectivity index (χ4v) is 4.37. The summed E-state index contributed by atoms with van der Waals surface area (Å²) in [5.74, 6) is 2.13. The second-order valence-electron chi connectivity index (χ2n) is 5.41. The molecule has 1 N–H and O–H groups in total. The topological polar surface area (TPSA) is 105 Å². The quantitative estimate of drug-likeness (QED) is 0.676. The lowest BCUT2D eigenvalue weighted by Gasteiger charge is -2.02. The number of thioether (sulfide) groups is 2. The van der Waals surface area contributed by atoms with Crippen LogP contribution < -0.4 is 5.32 Å². The maximum Gasteiger partial charge on any atom is 0.237 e. The zero-order chi connectivity index (χ0) is 18.6. The molecular weight excluding hydrogens is 386 g/mol. The fourth-order valence-electron chi connectivity index (χ4n) is 2.56. The Labute approximate surface area is 162 Å². The van der Waals surface area contributed by atoms with Gasteiger partial charge in [-0.15, -0.1) is 0 Å². The molecule has 0 fully saturated rings. The first-order chi connectivity index (χ1) is 13.3. The predicted octanol–water partition coefficient (Wildman–Crippen LogP) is 4.45. The van der Waals surface area contributed by atoms with E-state index in [1.54, 1.807) is 36.0 Å². The summed E-state index contributed by atoms with van der Waals surface area (Å²) in [4.78, 5) is 16.6. The van der Waals surface area contributed by atoms with E-state index in [-0.39, 0.29) is 23.1 Å². The fraction of sp³-hybridized carbons (Fsp3) is 0.167. The molecule has 0 spiro atoms. The molecule has 3 aromatic rings. The maximum atomic E-state index is 12.3. The molecule has 4 rings (SSSR count). The third kappa shape index (κ3) is 3.67. The van der Waals surface area contributed by atoms with E-state index in [9.17, 15) is 10.1 Å². The van der Waals surface area contributed by atoms with Gasteiger partial charge in [-0.1, -0.05) is 23.5 Å². The summed E-state index contributed by atoms with van der Waals surface area (Å²) in [5, 5.41) is 12.3. The van der Waals surface area contributed by atoms with E-state index in [0.29, 0.717) is 22.8 Å². The van der Waals surface area contributed by atoms with Crippen molar-refractivity contribution < 1.29 is 18.0 Å². The van der Waals surface area contributed by atoms with E-state index in [2.05, 4.69) is 16.4 Å². The molecule has 1 amide bonds. The highest BCUT2D eigenvalue weighted by Gasteiger charge is 2.27. The third-order valence-electron chi connectivity index (χ3n) is 3.67. The molecule has 1 aliphatic heterocycles. The Kier molecular flexibility index (Phi) is 5.09. The highest BCUT2D eigenvalue weighted by atomic mass is 32.2. The summed E-state index contributed by atoms with van der Waals surface area (Å²) < 4.78 is 17.6. The molecule has 7 nitrogen and oxygen atoms in total. The number of nitrogens with zero attached hydrogens (tertiary/aromatic N) is 2. The van der Waals surface area contributed by atoms with Gasteiger partial charge in [0.15, 0.2) is 11.5 Å². The minimum atomic E-state index is -0.280. The Morgan fingerprint density at radius 3 is 2.70 bits per heavy atom. The highest BCUT2D eigenvalue weighted by Crippen LogP contribution is 2.41. The first-order valence-corrected chi connectivity index (χ1v) is 9.98. The van der Waals surface area contributed by atoms with E-state index in [1.807, 2.05) is 0 Å². The van der Waals surface area contributed by atoms with Crippen LogP contribution in [0.2, 0.25) is 0 Å². The van der Waals surface area contributed by atoms with Crippen LogP contribution >= 0.6 is 23.5 Å². The predicted molar refractivity (Wildman–Crippen MR) is 105 cm³/mol. The number of carbonyl (C=O) groups is 1. The normalized spacial score (nSPS) is 13.4. The second-order valence-corrected chi connectivity index (χ2v) is 7.72. The van der Waals surface area contributed by atoms with Gasteiger partial charge in [0, 0.05) is 5.75 Å². The zero-order valence-corrected chi connectivity index (χ0v) is 15.6. The van der Waals surface area contributed by atoms with Crippen LogP contribution in [0.4, 0.5) is 5.88 Å². The number of anilines is 1. The standard InChI is InChI=1S/C18H13N3O4S2/c19-9-11-15(12-3-1-6-23-12)16(13-4-2-7-24-13)25-17(11)21-14(22)10-27-18-20-5-8-26-18/h1-4,6-7H,5,8,10H2,(H,21,22). The Morgan fingerprint density at radius 2 is 2.07 bits per heavy atom. The molecular formula is C18H13N3O4S2. The molecule has 1 aliphatic rings. The minimum absolute atomic E-state index is 0.0712. The minimum Gasteiger partial charge on any atom is -0.464 e. The van der Waals surface area contributed by atoms with Crippen LogP contribution in [0.25, 0.3) is 22.8 Å². The number of carbonyl (C=O) groups excluding carboxylic acids is 1.